The number of benzene rings is 1. The van der Waals surface area contributed by atoms with Crippen LogP contribution < -0.4 is 4.90 Å². The van der Waals surface area contributed by atoms with E-state index >= 15 is 0 Å². The summed E-state index contributed by atoms with van der Waals surface area (Å²) in [7, 11) is 0. The number of piperidine rings is 1. The third-order valence-corrected chi connectivity index (χ3v) is 7.93. The Hall–Kier alpha value is -4.40. The van der Waals surface area contributed by atoms with Crippen molar-refractivity contribution < 1.29 is 4.79 Å². The monoisotopic (exact) mass is 502 g/mol. The standard InChI is InChI=1S/C31H30N6O/c1-20-4-5-21(2)26(31(38)37-14-10-24(11-15-37)23-8-6-22(18-32)7-9-23)16-25(20)30-34-27-17-29(36-12-3-13-36)33-19-28(27)35-30/h4,6-9,16-17,19,24H,3,10-15H2,1-2H3,(H,34,35). The highest BCUT2D eigenvalue weighted by Gasteiger charge is 2.27. The highest BCUT2D eigenvalue weighted by Crippen LogP contribution is 2.32. The van der Waals surface area contributed by atoms with Gasteiger partial charge in [0.05, 0.1) is 34.4 Å². The lowest BCUT2D eigenvalue weighted by molar-refractivity contribution is -0.127. The van der Waals surface area contributed by atoms with Crippen molar-refractivity contribution in [2.45, 2.75) is 39.0 Å². The van der Waals surface area contributed by atoms with E-state index in [4.69, 9.17) is 10.2 Å². The quantitative estimate of drug-likeness (QED) is 0.492. The number of H-pyrrole nitrogens is 1. The van der Waals surface area contributed by atoms with Crippen LogP contribution >= 0.6 is 0 Å². The Balaban J connectivity index is 1.23. The summed E-state index contributed by atoms with van der Waals surface area (Å²) in [6, 6.07) is 12.0. The van der Waals surface area contributed by atoms with Crippen LogP contribution in [0.3, 0.4) is 0 Å². The normalized spacial score (nSPS) is 18.1. The van der Waals surface area contributed by atoms with E-state index < -0.39 is 0 Å². The predicted octanol–water partition coefficient (Wildman–Crippen LogP) is 5.26. The number of hydrogen-bond acceptors (Lipinski definition) is 5. The molecule has 0 radical (unpaired) electrons. The zero-order valence-electron chi connectivity index (χ0n) is 21.8. The minimum absolute atomic E-state index is 0.0340. The van der Waals surface area contributed by atoms with Crippen molar-refractivity contribution in [3.63, 3.8) is 0 Å². The van der Waals surface area contributed by atoms with Crippen LogP contribution in [0.25, 0.3) is 16.6 Å². The number of rotatable bonds is 4. The smallest absolute Gasteiger partial charge is 0.254 e. The van der Waals surface area contributed by atoms with Crippen molar-refractivity contribution in [3.8, 4) is 6.07 Å². The molecule has 2 fully saturated rings. The van der Waals surface area contributed by atoms with Gasteiger partial charge in [-0.3, -0.25) is 4.79 Å². The summed E-state index contributed by atoms with van der Waals surface area (Å²) in [5.74, 6) is 2.13. The summed E-state index contributed by atoms with van der Waals surface area (Å²) in [4.78, 5) is 30.8. The maximum atomic E-state index is 13.7. The van der Waals surface area contributed by atoms with Crippen LogP contribution in [0.4, 0.5) is 5.82 Å². The molecular formula is C31H30N6O. The number of imidazole rings is 1. The zero-order valence-corrected chi connectivity index (χ0v) is 21.8. The van der Waals surface area contributed by atoms with Gasteiger partial charge in [0, 0.05) is 43.4 Å². The first-order valence-electron chi connectivity index (χ1n) is 13.3. The van der Waals surface area contributed by atoms with Crippen LogP contribution in [0.5, 0.6) is 0 Å². The highest BCUT2D eigenvalue weighted by molar-refractivity contribution is 6.01. The van der Waals surface area contributed by atoms with E-state index in [1.54, 1.807) is 0 Å². The van der Waals surface area contributed by atoms with Gasteiger partial charge in [-0.2, -0.15) is 5.26 Å². The number of anilines is 1. The van der Waals surface area contributed by atoms with Crippen LogP contribution in [0.1, 0.15) is 56.0 Å². The molecule has 0 bridgehead atoms. The molecule has 4 heterocycles. The number of aromatic amines is 1. The topological polar surface area (TPSA) is 88.9 Å². The third kappa shape index (κ3) is 4.44. The molecule has 0 unspecified atom stereocenters. The van der Waals surface area contributed by atoms with Crippen LogP contribution in [-0.4, -0.2) is 51.9 Å². The first-order valence-corrected chi connectivity index (χ1v) is 13.3. The third-order valence-electron chi connectivity index (χ3n) is 7.93. The maximum absolute atomic E-state index is 13.7. The van der Waals surface area contributed by atoms with Gasteiger partial charge in [0.1, 0.15) is 11.6 Å². The lowest BCUT2D eigenvalue weighted by Gasteiger charge is -2.33. The molecule has 38 heavy (non-hydrogen) atoms. The molecule has 7 nitrogen and oxygen atoms in total. The molecule has 2 aliphatic heterocycles. The molecule has 1 N–H and O–H groups in total. The summed E-state index contributed by atoms with van der Waals surface area (Å²) in [5, 5.41) is 9.06. The van der Waals surface area contributed by atoms with E-state index in [9.17, 15) is 4.79 Å². The Morgan fingerprint density at radius 2 is 1.89 bits per heavy atom. The molecule has 3 aliphatic rings. The summed E-state index contributed by atoms with van der Waals surface area (Å²) in [6.07, 6.45) is 8.76. The molecule has 2 saturated heterocycles. The Labute approximate surface area is 222 Å². The lowest BCUT2D eigenvalue weighted by Crippen LogP contribution is -2.38. The number of fused-ring (bicyclic) bond motifs is 1. The Morgan fingerprint density at radius 1 is 1.13 bits per heavy atom. The van der Waals surface area contributed by atoms with Crippen molar-refractivity contribution in [3.05, 3.63) is 88.1 Å². The Kier molecular flexibility index (Phi) is 6.19. The average Bonchev–Trinajstić information content (AvgIpc) is 3.27. The molecule has 1 amide bonds. The van der Waals surface area contributed by atoms with Crippen molar-refractivity contribution in [1.82, 2.24) is 19.9 Å². The maximum Gasteiger partial charge on any atom is 0.254 e. The second-order valence-corrected chi connectivity index (χ2v) is 10.4. The second-order valence-electron chi connectivity index (χ2n) is 10.4. The number of carbonyl (C=O) groups excluding carboxylic acids is 1. The zero-order chi connectivity index (χ0) is 26.2. The average molecular weight is 503 g/mol. The predicted molar refractivity (Wildman–Crippen MR) is 148 cm³/mol. The lowest BCUT2D eigenvalue weighted by atomic mass is 9.88. The Bertz CT molecular complexity index is 1580. The second kappa shape index (κ2) is 9.81. The first kappa shape index (κ1) is 24.0. The molecular weight excluding hydrogens is 472 g/mol. The number of nitrogens with one attached hydrogen (secondary N) is 1. The molecule has 0 saturated carbocycles. The van der Waals surface area contributed by atoms with Crippen molar-refractivity contribution in [2.24, 2.45) is 0 Å². The fourth-order valence-electron chi connectivity index (χ4n) is 5.38. The van der Waals surface area contributed by atoms with E-state index in [-0.39, 0.29) is 5.91 Å². The summed E-state index contributed by atoms with van der Waals surface area (Å²) >= 11 is 0. The number of nitriles is 1. The SMILES string of the molecule is CC1=C=CC(C)=C(c2nc3cc(N4CCC4)ncc3[nH]2)C=C1C(=O)N1CCC(c2ccc(C#N)cc2)CC1. The van der Waals surface area contributed by atoms with Gasteiger partial charge < -0.3 is 14.8 Å². The van der Waals surface area contributed by atoms with Gasteiger partial charge in [-0.15, -0.1) is 5.73 Å². The molecule has 2 aromatic heterocycles. The first-order chi connectivity index (χ1) is 18.5. The van der Waals surface area contributed by atoms with E-state index in [0.29, 0.717) is 30.1 Å². The van der Waals surface area contributed by atoms with Gasteiger partial charge in [0.25, 0.3) is 5.91 Å². The van der Waals surface area contributed by atoms with E-state index in [0.717, 1.165) is 65.3 Å². The van der Waals surface area contributed by atoms with Gasteiger partial charge >= 0.3 is 0 Å². The molecule has 190 valence electrons. The largest absolute Gasteiger partial charge is 0.356 e. The molecule has 0 atom stereocenters. The van der Waals surface area contributed by atoms with Crippen LogP contribution in [0.2, 0.25) is 0 Å². The van der Waals surface area contributed by atoms with E-state index in [1.165, 1.54) is 12.0 Å². The van der Waals surface area contributed by atoms with Gasteiger partial charge in [-0.1, -0.05) is 12.1 Å². The number of likely N-dealkylation sites (tertiary alicyclic amines) is 1. The number of amides is 1. The molecule has 3 aromatic rings. The minimum atomic E-state index is 0.0340. The van der Waals surface area contributed by atoms with Crippen molar-refractivity contribution in [2.75, 3.05) is 31.1 Å². The van der Waals surface area contributed by atoms with Gasteiger partial charge in [0.15, 0.2) is 0 Å². The van der Waals surface area contributed by atoms with Crippen LogP contribution in [0.15, 0.2) is 71.1 Å². The van der Waals surface area contributed by atoms with Gasteiger partial charge in [-0.25, -0.2) is 9.97 Å². The summed E-state index contributed by atoms with van der Waals surface area (Å²) < 4.78 is 0. The minimum Gasteiger partial charge on any atom is -0.356 e. The number of hydrogen-bond donors (Lipinski definition) is 1. The fraction of sp³-hybridized carbons (Fsp3) is 0.323. The van der Waals surface area contributed by atoms with E-state index in [2.05, 4.69) is 26.7 Å². The molecule has 1 aliphatic carbocycles. The number of carbonyl (C=O) groups is 1. The fourth-order valence-corrected chi connectivity index (χ4v) is 5.38. The highest BCUT2D eigenvalue weighted by atomic mass is 16.2. The van der Waals surface area contributed by atoms with Gasteiger partial charge in [0.2, 0.25) is 0 Å². The van der Waals surface area contributed by atoms with Crippen molar-refractivity contribution in [1.29, 1.82) is 5.26 Å². The van der Waals surface area contributed by atoms with Crippen molar-refractivity contribution >= 4 is 28.3 Å². The molecule has 6 rings (SSSR count). The number of nitrogens with zero attached hydrogens (tertiary/aromatic N) is 5. The molecule has 1 aromatic carbocycles. The molecule has 0 spiro atoms. The summed E-state index contributed by atoms with van der Waals surface area (Å²) in [6.45, 7) is 7.45. The number of pyridine rings is 1. The number of aromatic nitrogens is 3. The number of allylic oxidation sites excluding steroid dienone is 3. The van der Waals surface area contributed by atoms with Crippen LogP contribution in [-0.2, 0) is 4.79 Å². The van der Waals surface area contributed by atoms with Gasteiger partial charge in [-0.05, 0) is 74.4 Å². The molecule has 7 heteroatoms. The van der Waals surface area contributed by atoms with Crippen LogP contribution in [0, 0.1) is 11.3 Å². The Morgan fingerprint density at radius 3 is 2.58 bits per heavy atom. The summed E-state index contributed by atoms with van der Waals surface area (Å²) in [5.41, 5.74) is 10.4. The van der Waals surface area contributed by atoms with E-state index in [1.807, 2.05) is 67.4 Å².